The van der Waals surface area contributed by atoms with E-state index in [1.807, 2.05) is 59.5 Å². The third-order valence-electron chi connectivity index (χ3n) is 5.88. The molecule has 1 aromatic heterocycles. The minimum absolute atomic E-state index is 0.0668. The Morgan fingerprint density at radius 3 is 2.52 bits per heavy atom. The molecule has 1 fully saturated rings. The first-order chi connectivity index (χ1) is 15.9. The Labute approximate surface area is 204 Å². The Hall–Kier alpha value is -2.93. The highest BCUT2D eigenvalue weighted by molar-refractivity contribution is 9.10. The monoisotopic (exact) mass is 507 g/mol. The molecule has 3 aromatic rings. The molecule has 0 unspecified atom stereocenters. The molecule has 2 amide bonds. The van der Waals surface area contributed by atoms with Gasteiger partial charge in [-0.1, -0.05) is 66.2 Å². The Morgan fingerprint density at radius 2 is 1.79 bits per heavy atom. The van der Waals surface area contributed by atoms with Gasteiger partial charge in [-0.15, -0.1) is 0 Å². The second-order valence-electron chi connectivity index (χ2n) is 8.66. The Morgan fingerprint density at radius 1 is 1.00 bits per heavy atom. The van der Waals surface area contributed by atoms with Crippen molar-refractivity contribution in [2.45, 2.75) is 33.1 Å². The molecular formula is C26H30BrN5O. The molecule has 0 radical (unpaired) electrons. The summed E-state index contributed by atoms with van der Waals surface area (Å²) in [5.41, 5.74) is 4.00. The van der Waals surface area contributed by atoms with Crippen molar-refractivity contribution in [3.05, 3.63) is 70.3 Å². The van der Waals surface area contributed by atoms with E-state index in [0.29, 0.717) is 19.0 Å². The minimum atomic E-state index is -0.0668. The van der Waals surface area contributed by atoms with E-state index in [4.69, 9.17) is 9.97 Å². The van der Waals surface area contributed by atoms with Gasteiger partial charge in [0.2, 0.25) is 0 Å². The van der Waals surface area contributed by atoms with Crippen molar-refractivity contribution >= 4 is 33.5 Å². The first-order valence-corrected chi connectivity index (χ1v) is 12.2. The van der Waals surface area contributed by atoms with Crippen LogP contribution < -0.4 is 10.2 Å². The fourth-order valence-electron chi connectivity index (χ4n) is 4.30. The molecule has 0 spiro atoms. The number of carbonyl (C=O) groups is 1. The van der Waals surface area contributed by atoms with Crippen LogP contribution in [0.25, 0.3) is 11.4 Å². The van der Waals surface area contributed by atoms with Gasteiger partial charge in [-0.25, -0.2) is 14.8 Å². The number of hydrogen-bond donors (Lipinski definition) is 1. The number of nitrogens with one attached hydrogen (secondary N) is 1. The number of rotatable bonds is 4. The van der Waals surface area contributed by atoms with Crippen molar-refractivity contribution in [3.63, 3.8) is 0 Å². The van der Waals surface area contributed by atoms with Crippen molar-refractivity contribution in [1.29, 1.82) is 0 Å². The van der Waals surface area contributed by atoms with Crippen LogP contribution in [0.5, 0.6) is 0 Å². The summed E-state index contributed by atoms with van der Waals surface area (Å²) < 4.78 is 0.942. The molecule has 33 heavy (non-hydrogen) atoms. The molecule has 2 aromatic carbocycles. The van der Waals surface area contributed by atoms with Gasteiger partial charge >= 0.3 is 6.03 Å². The van der Waals surface area contributed by atoms with E-state index in [1.165, 1.54) is 5.56 Å². The summed E-state index contributed by atoms with van der Waals surface area (Å²) in [5.74, 6) is 2.05. The first kappa shape index (κ1) is 23.2. The molecule has 1 aliphatic heterocycles. The maximum atomic E-state index is 12.9. The van der Waals surface area contributed by atoms with Crippen LogP contribution in [0.4, 0.5) is 16.3 Å². The van der Waals surface area contributed by atoms with Gasteiger partial charge in [0.05, 0.1) is 0 Å². The lowest BCUT2D eigenvalue weighted by atomic mass is 10.0. The smallest absolute Gasteiger partial charge is 0.321 e. The average Bonchev–Trinajstić information content (AvgIpc) is 3.05. The zero-order valence-electron chi connectivity index (χ0n) is 19.4. The first-order valence-electron chi connectivity index (χ1n) is 11.4. The van der Waals surface area contributed by atoms with Crippen LogP contribution in [0.15, 0.2) is 59.1 Å². The minimum Gasteiger partial charge on any atom is -0.354 e. The fourth-order valence-corrected chi connectivity index (χ4v) is 4.70. The molecule has 0 saturated carbocycles. The number of benzene rings is 2. The Bertz CT molecular complexity index is 1120. The van der Waals surface area contributed by atoms with E-state index in [1.54, 1.807) is 0 Å². The number of urea groups is 1. The largest absolute Gasteiger partial charge is 0.354 e. The molecule has 7 heteroatoms. The van der Waals surface area contributed by atoms with Gasteiger partial charge in [0.15, 0.2) is 5.82 Å². The van der Waals surface area contributed by atoms with Crippen LogP contribution in [-0.2, 0) is 0 Å². The van der Waals surface area contributed by atoms with Crippen molar-refractivity contribution < 1.29 is 4.79 Å². The fraction of sp³-hybridized carbons (Fsp3) is 0.346. The zero-order valence-corrected chi connectivity index (χ0v) is 21.0. The summed E-state index contributed by atoms with van der Waals surface area (Å²) in [6.45, 7) is 9.38. The number of carbonyl (C=O) groups excluding carboxylic acids is 1. The summed E-state index contributed by atoms with van der Waals surface area (Å²) >= 11 is 3.46. The van der Waals surface area contributed by atoms with Crippen LogP contribution in [0.1, 0.15) is 37.4 Å². The molecule has 1 saturated heterocycles. The van der Waals surface area contributed by atoms with Gasteiger partial charge in [0.25, 0.3) is 0 Å². The van der Waals surface area contributed by atoms with Crippen LogP contribution >= 0.6 is 15.9 Å². The van der Waals surface area contributed by atoms with Gasteiger partial charge in [-0.3, -0.25) is 0 Å². The highest BCUT2D eigenvalue weighted by Crippen LogP contribution is 2.31. The van der Waals surface area contributed by atoms with Crippen LogP contribution in [0, 0.1) is 6.92 Å². The van der Waals surface area contributed by atoms with E-state index >= 15 is 0 Å². The van der Waals surface area contributed by atoms with E-state index < -0.39 is 0 Å². The van der Waals surface area contributed by atoms with Crippen molar-refractivity contribution in [2.75, 3.05) is 36.4 Å². The average molecular weight is 508 g/mol. The van der Waals surface area contributed by atoms with Crippen molar-refractivity contribution in [3.8, 4) is 11.4 Å². The molecule has 1 aliphatic rings. The van der Waals surface area contributed by atoms with E-state index in [-0.39, 0.29) is 6.03 Å². The van der Waals surface area contributed by atoms with Crippen LogP contribution in [0.2, 0.25) is 0 Å². The maximum absolute atomic E-state index is 12.9. The van der Waals surface area contributed by atoms with Crippen molar-refractivity contribution in [1.82, 2.24) is 14.9 Å². The Kier molecular flexibility index (Phi) is 7.28. The molecule has 4 rings (SSSR count). The summed E-state index contributed by atoms with van der Waals surface area (Å²) in [6, 6.07) is 17.7. The molecule has 0 atom stereocenters. The summed E-state index contributed by atoms with van der Waals surface area (Å²) in [7, 11) is 0. The highest BCUT2D eigenvalue weighted by atomic mass is 79.9. The summed E-state index contributed by atoms with van der Waals surface area (Å²) in [4.78, 5) is 27.0. The molecular weight excluding hydrogens is 478 g/mol. The van der Waals surface area contributed by atoms with Gasteiger partial charge in [-0.2, -0.15) is 0 Å². The van der Waals surface area contributed by atoms with E-state index in [0.717, 1.165) is 52.6 Å². The lowest BCUT2D eigenvalue weighted by molar-refractivity contribution is 0.215. The predicted molar refractivity (Wildman–Crippen MR) is 138 cm³/mol. The van der Waals surface area contributed by atoms with Crippen LogP contribution in [-0.4, -0.2) is 47.1 Å². The normalized spacial score (nSPS) is 14.3. The third-order valence-corrected chi connectivity index (χ3v) is 6.38. The van der Waals surface area contributed by atoms with Gasteiger partial charge in [-0.05, 0) is 37.5 Å². The number of nitrogens with zero attached hydrogens (tertiary/aromatic N) is 4. The standard InChI is InChI=1S/C26H30BrN5O/c1-18(2)23-19(3)28-24(20-9-5-4-6-10-20)30-25(23)31-13-8-14-32(16-15-31)26(33)29-22-12-7-11-21(27)17-22/h4-7,9-12,17-18H,8,13-16H2,1-3H3,(H,29,33). The second kappa shape index (κ2) is 10.3. The topological polar surface area (TPSA) is 61.4 Å². The second-order valence-corrected chi connectivity index (χ2v) is 9.57. The number of anilines is 2. The lowest BCUT2D eigenvalue weighted by Gasteiger charge is -2.27. The predicted octanol–water partition coefficient (Wildman–Crippen LogP) is 6.08. The van der Waals surface area contributed by atoms with Gasteiger partial charge in [0.1, 0.15) is 5.82 Å². The molecule has 6 nitrogen and oxygen atoms in total. The SMILES string of the molecule is Cc1nc(-c2ccccc2)nc(N2CCCN(C(=O)Nc3cccc(Br)c3)CC2)c1C(C)C. The number of amides is 2. The number of aromatic nitrogens is 2. The van der Waals surface area contributed by atoms with Gasteiger partial charge < -0.3 is 15.1 Å². The number of aryl methyl sites for hydroxylation is 1. The summed E-state index contributed by atoms with van der Waals surface area (Å²) in [6.07, 6.45) is 0.882. The quantitative estimate of drug-likeness (QED) is 0.464. The molecule has 0 bridgehead atoms. The zero-order chi connectivity index (χ0) is 23.4. The molecule has 1 N–H and O–H groups in total. The van der Waals surface area contributed by atoms with Gasteiger partial charge in [0, 0.05) is 53.2 Å². The van der Waals surface area contributed by atoms with E-state index in [9.17, 15) is 4.79 Å². The highest BCUT2D eigenvalue weighted by Gasteiger charge is 2.24. The molecule has 2 heterocycles. The third kappa shape index (κ3) is 5.53. The number of hydrogen-bond acceptors (Lipinski definition) is 4. The molecule has 172 valence electrons. The summed E-state index contributed by atoms with van der Waals surface area (Å²) in [5, 5.41) is 3.02. The molecule has 0 aliphatic carbocycles. The van der Waals surface area contributed by atoms with Crippen molar-refractivity contribution in [2.24, 2.45) is 0 Å². The van der Waals surface area contributed by atoms with Crippen LogP contribution in [0.3, 0.4) is 0 Å². The lowest BCUT2D eigenvalue weighted by Crippen LogP contribution is -2.38. The number of halogens is 1. The Balaban J connectivity index is 1.55. The maximum Gasteiger partial charge on any atom is 0.321 e. The van der Waals surface area contributed by atoms with E-state index in [2.05, 4.69) is 46.9 Å².